The molecule has 1 aliphatic carbocycles. The second kappa shape index (κ2) is 8.95. The van der Waals surface area contributed by atoms with Crippen LogP contribution < -0.4 is 0 Å². The minimum atomic E-state index is 0.808. The third-order valence-electron chi connectivity index (χ3n) is 6.75. The number of fused-ring (bicyclic) bond motifs is 3. The summed E-state index contributed by atoms with van der Waals surface area (Å²) in [6.07, 6.45) is 12.5. The van der Waals surface area contributed by atoms with Crippen molar-refractivity contribution in [1.82, 2.24) is 24.5 Å². The minimum absolute atomic E-state index is 0.808. The van der Waals surface area contributed by atoms with Gasteiger partial charge >= 0.3 is 0 Å². The summed E-state index contributed by atoms with van der Waals surface area (Å²) in [5.41, 5.74) is 7.56. The predicted molar refractivity (Wildman–Crippen MR) is 149 cm³/mol. The fraction of sp³-hybridized carbons (Fsp3) is 0.0625. The number of nitrogens with zero attached hydrogens (tertiary/aromatic N) is 5. The molecule has 0 saturated carbocycles. The normalized spacial score (nSPS) is 13.2. The Bertz CT molecular complexity index is 1790. The second-order valence-electron chi connectivity index (χ2n) is 9.08. The fourth-order valence-corrected chi connectivity index (χ4v) is 5.02. The van der Waals surface area contributed by atoms with Crippen LogP contribution in [0.4, 0.5) is 0 Å². The summed E-state index contributed by atoms with van der Waals surface area (Å²) in [7, 11) is 0. The van der Waals surface area contributed by atoms with Crippen molar-refractivity contribution < 1.29 is 0 Å². The molecule has 1 aromatic carbocycles. The van der Waals surface area contributed by atoms with Crippen LogP contribution in [0.1, 0.15) is 18.5 Å². The molecule has 0 atom stereocenters. The summed E-state index contributed by atoms with van der Waals surface area (Å²) in [6, 6.07) is 28.6. The maximum absolute atomic E-state index is 5.05. The summed E-state index contributed by atoms with van der Waals surface area (Å²) >= 11 is 0. The third-order valence-corrected chi connectivity index (χ3v) is 6.75. The van der Waals surface area contributed by atoms with Crippen molar-refractivity contribution >= 4 is 27.4 Å². The quantitative estimate of drug-likeness (QED) is 0.265. The lowest BCUT2D eigenvalue weighted by atomic mass is 10.0. The van der Waals surface area contributed by atoms with Crippen LogP contribution in [0.3, 0.4) is 0 Å². The molecule has 0 aliphatic heterocycles. The molecule has 6 aromatic rings. The van der Waals surface area contributed by atoms with E-state index in [9.17, 15) is 0 Å². The van der Waals surface area contributed by atoms with Crippen LogP contribution in [0.5, 0.6) is 0 Å². The van der Waals surface area contributed by atoms with E-state index < -0.39 is 0 Å². The van der Waals surface area contributed by atoms with Crippen molar-refractivity contribution in [2.24, 2.45) is 0 Å². The molecule has 5 heteroatoms. The van der Waals surface area contributed by atoms with Crippen LogP contribution in [0.25, 0.3) is 56.0 Å². The van der Waals surface area contributed by atoms with E-state index in [0.717, 1.165) is 63.5 Å². The van der Waals surface area contributed by atoms with Gasteiger partial charge in [-0.15, -0.1) is 0 Å². The SMILES string of the molecule is C1=CC(c2cccc(-c3cccc(-c4cccc(-n5c6ccccc6c6ccncc65)n4)n3)n2)=CCC1. The summed E-state index contributed by atoms with van der Waals surface area (Å²) < 4.78 is 2.17. The van der Waals surface area contributed by atoms with Gasteiger partial charge in [0.1, 0.15) is 5.82 Å². The van der Waals surface area contributed by atoms with E-state index in [1.54, 1.807) is 0 Å². The zero-order valence-electron chi connectivity index (χ0n) is 20.1. The Kier molecular flexibility index (Phi) is 5.18. The topological polar surface area (TPSA) is 56.5 Å². The Morgan fingerprint density at radius 3 is 2.03 bits per heavy atom. The van der Waals surface area contributed by atoms with Crippen molar-refractivity contribution in [2.75, 3.05) is 0 Å². The van der Waals surface area contributed by atoms with Gasteiger partial charge in [0, 0.05) is 17.0 Å². The van der Waals surface area contributed by atoms with Gasteiger partial charge < -0.3 is 0 Å². The molecular formula is C32H23N5. The third kappa shape index (κ3) is 3.81. The number of rotatable bonds is 4. The molecule has 5 aromatic heterocycles. The lowest BCUT2D eigenvalue weighted by Gasteiger charge is -2.10. The molecule has 5 heterocycles. The van der Waals surface area contributed by atoms with Gasteiger partial charge in [-0.05, 0) is 66.9 Å². The Labute approximate surface area is 214 Å². The Hall–Kier alpha value is -4.90. The summed E-state index contributed by atoms with van der Waals surface area (Å²) in [4.78, 5) is 19.3. The van der Waals surface area contributed by atoms with E-state index in [1.165, 1.54) is 11.0 Å². The van der Waals surface area contributed by atoms with Crippen LogP contribution in [-0.4, -0.2) is 24.5 Å². The van der Waals surface area contributed by atoms with Gasteiger partial charge in [0.25, 0.3) is 0 Å². The molecule has 0 spiro atoms. The standard InChI is InChI=1S/C32H23N5/c1-2-9-22(10-3-1)25-12-6-13-26(34-25)27-14-7-15-28(35-27)29-16-8-18-32(36-29)37-30-17-5-4-11-23(30)24-19-20-33-21-31(24)37/h2,4-21H,1,3H2. The van der Waals surface area contributed by atoms with Crippen LogP contribution in [-0.2, 0) is 0 Å². The molecule has 5 nitrogen and oxygen atoms in total. The molecule has 0 bridgehead atoms. The Morgan fingerprint density at radius 1 is 0.568 bits per heavy atom. The van der Waals surface area contributed by atoms with E-state index in [1.807, 2.05) is 60.9 Å². The van der Waals surface area contributed by atoms with Gasteiger partial charge in [0.15, 0.2) is 0 Å². The lowest BCUT2D eigenvalue weighted by molar-refractivity contribution is 1.04. The van der Waals surface area contributed by atoms with Crippen molar-refractivity contribution in [1.29, 1.82) is 0 Å². The van der Waals surface area contributed by atoms with E-state index in [-0.39, 0.29) is 0 Å². The number of hydrogen-bond acceptors (Lipinski definition) is 4. The van der Waals surface area contributed by atoms with Gasteiger partial charge in [-0.2, -0.15) is 0 Å². The number of hydrogen-bond donors (Lipinski definition) is 0. The highest BCUT2D eigenvalue weighted by molar-refractivity contribution is 6.08. The zero-order chi connectivity index (χ0) is 24.6. The monoisotopic (exact) mass is 477 g/mol. The molecule has 0 saturated heterocycles. The molecule has 37 heavy (non-hydrogen) atoms. The van der Waals surface area contributed by atoms with Crippen molar-refractivity contribution in [3.63, 3.8) is 0 Å². The van der Waals surface area contributed by atoms with Crippen LogP contribution in [0.15, 0.2) is 116 Å². The zero-order valence-corrected chi connectivity index (χ0v) is 20.1. The number of allylic oxidation sites excluding steroid dienone is 4. The first-order valence-electron chi connectivity index (χ1n) is 12.5. The molecule has 7 rings (SSSR count). The highest BCUT2D eigenvalue weighted by Crippen LogP contribution is 2.31. The van der Waals surface area contributed by atoms with Gasteiger partial charge in [0.2, 0.25) is 0 Å². The van der Waals surface area contributed by atoms with Gasteiger partial charge in [-0.1, -0.05) is 54.6 Å². The van der Waals surface area contributed by atoms with Crippen LogP contribution in [0.2, 0.25) is 0 Å². The Balaban J connectivity index is 1.31. The van der Waals surface area contributed by atoms with E-state index in [4.69, 9.17) is 15.0 Å². The van der Waals surface area contributed by atoms with Crippen molar-refractivity contribution in [3.05, 3.63) is 121 Å². The number of para-hydroxylation sites is 1. The minimum Gasteiger partial charge on any atom is -0.292 e. The van der Waals surface area contributed by atoms with Crippen molar-refractivity contribution in [2.45, 2.75) is 12.8 Å². The van der Waals surface area contributed by atoms with Gasteiger partial charge in [0.05, 0.1) is 45.7 Å². The summed E-state index contributed by atoms with van der Waals surface area (Å²) in [6.45, 7) is 0. The molecule has 1 aliphatic rings. The highest BCUT2D eigenvalue weighted by atomic mass is 15.1. The predicted octanol–water partition coefficient (Wildman–Crippen LogP) is 7.43. The molecule has 0 amide bonds. The largest absolute Gasteiger partial charge is 0.292 e. The molecule has 0 N–H and O–H groups in total. The van der Waals surface area contributed by atoms with Crippen molar-refractivity contribution in [3.8, 4) is 28.6 Å². The second-order valence-corrected chi connectivity index (χ2v) is 9.08. The van der Waals surface area contributed by atoms with E-state index in [2.05, 4.69) is 64.2 Å². The molecule has 0 unspecified atom stereocenters. The smallest absolute Gasteiger partial charge is 0.138 e. The first kappa shape index (κ1) is 21.4. The lowest BCUT2D eigenvalue weighted by Crippen LogP contribution is -2.00. The highest BCUT2D eigenvalue weighted by Gasteiger charge is 2.14. The maximum Gasteiger partial charge on any atom is 0.138 e. The van der Waals surface area contributed by atoms with Crippen LogP contribution in [0, 0.1) is 0 Å². The molecule has 0 radical (unpaired) electrons. The number of pyridine rings is 4. The molecular weight excluding hydrogens is 454 g/mol. The summed E-state index contributed by atoms with van der Waals surface area (Å²) in [5, 5.41) is 2.34. The average molecular weight is 478 g/mol. The summed E-state index contributed by atoms with van der Waals surface area (Å²) in [5.74, 6) is 0.833. The van der Waals surface area contributed by atoms with Gasteiger partial charge in [-0.25, -0.2) is 15.0 Å². The van der Waals surface area contributed by atoms with Gasteiger partial charge in [-0.3, -0.25) is 9.55 Å². The fourth-order valence-electron chi connectivity index (χ4n) is 5.02. The number of aromatic nitrogens is 5. The maximum atomic E-state index is 5.05. The molecule has 176 valence electrons. The Morgan fingerprint density at radius 2 is 1.24 bits per heavy atom. The average Bonchev–Trinajstić information content (AvgIpc) is 3.32. The van der Waals surface area contributed by atoms with E-state index >= 15 is 0 Å². The molecule has 0 fully saturated rings. The number of benzene rings is 1. The first-order chi connectivity index (χ1) is 18.3. The van der Waals surface area contributed by atoms with E-state index in [0.29, 0.717) is 0 Å². The van der Waals surface area contributed by atoms with Crippen LogP contribution >= 0.6 is 0 Å². The first-order valence-corrected chi connectivity index (χ1v) is 12.5.